The Labute approximate surface area is 206 Å². The van der Waals surface area contributed by atoms with Crippen LogP contribution in [0, 0.1) is 13.8 Å². The number of aryl methyl sites for hydroxylation is 2. The molecule has 2 rings (SSSR count). The Bertz CT molecular complexity index is 916. The summed E-state index contributed by atoms with van der Waals surface area (Å²) < 4.78 is 0. The van der Waals surface area contributed by atoms with Crippen molar-refractivity contribution in [3.63, 3.8) is 0 Å². The minimum absolute atomic E-state index is 0.0797. The van der Waals surface area contributed by atoms with Crippen LogP contribution < -0.4 is 5.32 Å². The maximum absolute atomic E-state index is 13.3. The van der Waals surface area contributed by atoms with E-state index in [0.717, 1.165) is 17.7 Å². The molecular weight excluding hydrogens is 463 g/mol. The van der Waals surface area contributed by atoms with E-state index < -0.39 is 6.04 Å². The highest BCUT2D eigenvalue weighted by Crippen LogP contribution is 2.24. The van der Waals surface area contributed by atoms with Crippen LogP contribution in [0.2, 0.25) is 10.0 Å². The molecule has 0 heterocycles. The monoisotopic (exact) mass is 494 g/mol. The van der Waals surface area contributed by atoms with E-state index >= 15 is 0 Å². The van der Waals surface area contributed by atoms with Gasteiger partial charge >= 0.3 is 0 Å². The highest BCUT2D eigenvalue weighted by Gasteiger charge is 2.28. The molecule has 174 valence electrons. The van der Waals surface area contributed by atoms with Crippen LogP contribution in [0.3, 0.4) is 0 Å². The summed E-state index contributed by atoms with van der Waals surface area (Å²) in [6, 6.07) is 11.1. The number of amides is 2. The van der Waals surface area contributed by atoms with Crippen molar-refractivity contribution < 1.29 is 9.59 Å². The van der Waals surface area contributed by atoms with Gasteiger partial charge in [0.2, 0.25) is 11.8 Å². The Hall–Kier alpha value is -1.69. The third kappa shape index (κ3) is 8.02. The standard InChI is InChI=1S/C25H32Cl2N2O2S/c1-5-9-28-25(31)23(6-2)29(14-20-7-8-21(26)13-22(20)27)24(30)16-32-15-19-11-17(3)10-18(4)12-19/h7-8,10-13,23H,5-6,9,14-16H2,1-4H3,(H,28,31)/t23-/m0/s1. The van der Waals surface area contributed by atoms with Gasteiger partial charge in [0.25, 0.3) is 0 Å². The number of thioether (sulfide) groups is 1. The highest BCUT2D eigenvalue weighted by atomic mass is 35.5. The number of hydrogen-bond donors (Lipinski definition) is 1. The van der Waals surface area contributed by atoms with Gasteiger partial charge in [-0.15, -0.1) is 11.8 Å². The van der Waals surface area contributed by atoms with Gasteiger partial charge in [-0.3, -0.25) is 9.59 Å². The zero-order chi connectivity index (χ0) is 23.7. The average molecular weight is 496 g/mol. The summed E-state index contributed by atoms with van der Waals surface area (Å²) in [5.41, 5.74) is 4.39. The Morgan fingerprint density at radius 1 is 1.06 bits per heavy atom. The zero-order valence-corrected chi connectivity index (χ0v) is 21.5. The Morgan fingerprint density at radius 2 is 1.75 bits per heavy atom. The van der Waals surface area contributed by atoms with Crippen LogP contribution >= 0.6 is 35.0 Å². The topological polar surface area (TPSA) is 49.4 Å². The van der Waals surface area contributed by atoms with E-state index in [-0.39, 0.29) is 24.1 Å². The zero-order valence-electron chi connectivity index (χ0n) is 19.2. The average Bonchev–Trinajstić information content (AvgIpc) is 2.72. The Morgan fingerprint density at radius 3 is 2.34 bits per heavy atom. The first-order valence-corrected chi connectivity index (χ1v) is 12.8. The van der Waals surface area contributed by atoms with Gasteiger partial charge in [-0.25, -0.2) is 0 Å². The first-order chi connectivity index (χ1) is 15.2. The molecule has 0 radical (unpaired) electrons. The molecule has 4 nitrogen and oxygen atoms in total. The summed E-state index contributed by atoms with van der Waals surface area (Å²) in [4.78, 5) is 27.7. The lowest BCUT2D eigenvalue weighted by molar-refractivity contribution is -0.139. The quantitative estimate of drug-likeness (QED) is 0.405. The van der Waals surface area contributed by atoms with E-state index in [0.29, 0.717) is 23.0 Å². The van der Waals surface area contributed by atoms with Gasteiger partial charge in [-0.05, 0) is 49.9 Å². The predicted molar refractivity (Wildman–Crippen MR) is 136 cm³/mol. The van der Waals surface area contributed by atoms with E-state index in [1.54, 1.807) is 28.8 Å². The van der Waals surface area contributed by atoms with Gasteiger partial charge in [0.1, 0.15) is 6.04 Å². The molecule has 0 aliphatic heterocycles. The van der Waals surface area contributed by atoms with Crippen LogP contribution in [0.25, 0.3) is 0 Å². The van der Waals surface area contributed by atoms with Crippen molar-refractivity contribution >= 4 is 46.8 Å². The minimum atomic E-state index is -0.553. The minimum Gasteiger partial charge on any atom is -0.354 e. The molecule has 2 aromatic rings. The van der Waals surface area contributed by atoms with Crippen LogP contribution in [-0.2, 0) is 21.9 Å². The number of carbonyl (C=O) groups excluding carboxylic acids is 2. The summed E-state index contributed by atoms with van der Waals surface area (Å²) in [6.07, 6.45) is 1.36. The number of nitrogens with zero attached hydrogens (tertiary/aromatic N) is 1. The molecule has 0 bridgehead atoms. The molecular formula is C25H32Cl2N2O2S. The maximum Gasteiger partial charge on any atom is 0.242 e. The molecule has 7 heteroatoms. The third-order valence-electron chi connectivity index (χ3n) is 5.07. The van der Waals surface area contributed by atoms with Crippen molar-refractivity contribution in [3.8, 4) is 0 Å². The number of nitrogens with one attached hydrogen (secondary N) is 1. The second-order valence-electron chi connectivity index (χ2n) is 7.96. The summed E-state index contributed by atoms with van der Waals surface area (Å²) in [6.45, 7) is 8.91. The molecule has 0 aliphatic carbocycles. The van der Waals surface area contributed by atoms with E-state index in [2.05, 4.69) is 37.4 Å². The van der Waals surface area contributed by atoms with Gasteiger partial charge in [0, 0.05) is 28.9 Å². The lowest BCUT2D eigenvalue weighted by atomic mass is 10.1. The normalized spacial score (nSPS) is 11.8. The smallest absolute Gasteiger partial charge is 0.242 e. The molecule has 0 saturated heterocycles. The van der Waals surface area contributed by atoms with Crippen molar-refractivity contribution in [2.24, 2.45) is 0 Å². The van der Waals surface area contributed by atoms with Gasteiger partial charge in [-0.1, -0.05) is 72.4 Å². The second-order valence-corrected chi connectivity index (χ2v) is 9.79. The number of halogens is 2. The molecule has 0 aliphatic rings. The number of benzene rings is 2. The fourth-order valence-electron chi connectivity index (χ4n) is 3.61. The van der Waals surface area contributed by atoms with Crippen LogP contribution in [0.15, 0.2) is 36.4 Å². The summed E-state index contributed by atoms with van der Waals surface area (Å²) in [5, 5.41) is 3.95. The Balaban J connectivity index is 2.17. The molecule has 0 aromatic heterocycles. The SMILES string of the molecule is CCCNC(=O)[C@H](CC)N(Cc1ccc(Cl)cc1Cl)C(=O)CSCc1cc(C)cc(C)c1. The van der Waals surface area contributed by atoms with Gasteiger partial charge in [-0.2, -0.15) is 0 Å². The van der Waals surface area contributed by atoms with Crippen molar-refractivity contribution in [2.75, 3.05) is 12.3 Å². The summed E-state index contributed by atoms with van der Waals surface area (Å²) >= 11 is 14.0. The van der Waals surface area contributed by atoms with Crippen molar-refractivity contribution in [1.82, 2.24) is 10.2 Å². The van der Waals surface area contributed by atoms with Crippen molar-refractivity contribution in [3.05, 3.63) is 68.7 Å². The lowest BCUT2D eigenvalue weighted by Crippen LogP contribution is -2.49. The fourth-order valence-corrected chi connectivity index (χ4v) is 4.92. The summed E-state index contributed by atoms with van der Waals surface area (Å²) in [5.74, 6) is 0.814. The van der Waals surface area contributed by atoms with Crippen molar-refractivity contribution in [1.29, 1.82) is 0 Å². The van der Waals surface area contributed by atoms with Crippen LogP contribution in [0.4, 0.5) is 0 Å². The molecule has 2 amide bonds. The molecule has 32 heavy (non-hydrogen) atoms. The lowest BCUT2D eigenvalue weighted by Gasteiger charge is -2.31. The highest BCUT2D eigenvalue weighted by molar-refractivity contribution is 7.99. The predicted octanol–water partition coefficient (Wildman–Crippen LogP) is 6.18. The van der Waals surface area contributed by atoms with E-state index in [1.807, 2.05) is 19.9 Å². The molecule has 2 aromatic carbocycles. The third-order valence-corrected chi connectivity index (χ3v) is 6.64. The number of rotatable bonds is 11. The molecule has 1 atom stereocenters. The summed E-state index contributed by atoms with van der Waals surface area (Å²) in [7, 11) is 0. The number of hydrogen-bond acceptors (Lipinski definition) is 3. The molecule has 0 fully saturated rings. The molecule has 1 N–H and O–H groups in total. The molecule has 0 saturated carbocycles. The first-order valence-electron chi connectivity index (χ1n) is 10.9. The first kappa shape index (κ1) is 26.6. The number of carbonyl (C=O) groups is 2. The van der Waals surface area contributed by atoms with Gasteiger partial charge in [0.05, 0.1) is 5.75 Å². The fraction of sp³-hybridized carbons (Fsp3) is 0.440. The largest absolute Gasteiger partial charge is 0.354 e. The van der Waals surface area contributed by atoms with Crippen LogP contribution in [0.1, 0.15) is 48.9 Å². The molecule has 0 spiro atoms. The van der Waals surface area contributed by atoms with E-state index in [4.69, 9.17) is 23.2 Å². The van der Waals surface area contributed by atoms with Crippen molar-refractivity contribution in [2.45, 2.75) is 58.9 Å². The van der Waals surface area contributed by atoms with Crippen LogP contribution in [0.5, 0.6) is 0 Å². The van der Waals surface area contributed by atoms with E-state index in [1.165, 1.54) is 16.7 Å². The Kier molecular flexibility index (Phi) is 10.9. The van der Waals surface area contributed by atoms with Gasteiger partial charge < -0.3 is 10.2 Å². The molecule has 0 unspecified atom stereocenters. The maximum atomic E-state index is 13.3. The van der Waals surface area contributed by atoms with E-state index in [9.17, 15) is 9.59 Å². The van der Waals surface area contributed by atoms with Crippen LogP contribution in [-0.4, -0.2) is 35.1 Å². The second kappa shape index (κ2) is 13.1. The van der Waals surface area contributed by atoms with Gasteiger partial charge in [0.15, 0.2) is 0 Å².